The van der Waals surface area contributed by atoms with E-state index in [4.69, 9.17) is 5.11 Å². The van der Waals surface area contributed by atoms with Crippen LogP contribution < -0.4 is 0 Å². The van der Waals surface area contributed by atoms with Gasteiger partial charge in [-0.15, -0.1) is 0 Å². The first-order chi connectivity index (χ1) is 7.44. The summed E-state index contributed by atoms with van der Waals surface area (Å²) >= 11 is 0. The number of carbonyl (C=O) groups excluding carboxylic acids is 1. The third-order valence-electron chi connectivity index (χ3n) is 3.25. The Labute approximate surface area is 94.4 Å². The number of alkyl halides is 1. The predicted molar refractivity (Wildman–Crippen MR) is 56.7 cm³/mol. The van der Waals surface area contributed by atoms with Crippen molar-refractivity contribution in [3.63, 3.8) is 0 Å². The standard InChI is InChI=1S/C11H18FNO3/c1-3-8(4-2)9(14)13-6-5-11(12,7-13)10(15)16/h8H,3-7H2,1-2H3,(H,15,16). The van der Waals surface area contributed by atoms with Crippen LogP contribution in [0.1, 0.15) is 33.1 Å². The maximum absolute atomic E-state index is 13.7. The Kier molecular flexibility index (Phi) is 3.88. The summed E-state index contributed by atoms with van der Waals surface area (Å²) < 4.78 is 13.7. The number of amides is 1. The topological polar surface area (TPSA) is 57.6 Å². The van der Waals surface area contributed by atoms with Gasteiger partial charge in [-0.3, -0.25) is 4.79 Å². The fourth-order valence-electron chi connectivity index (χ4n) is 2.03. The molecule has 1 saturated heterocycles. The number of halogens is 1. The SMILES string of the molecule is CCC(CC)C(=O)N1CCC(F)(C(=O)O)C1. The van der Waals surface area contributed by atoms with Crippen molar-refractivity contribution in [3.05, 3.63) is 0 Å². The summed E-state index contributed by atoms with van der Waals surface area (Å²) in [6.07, 6.45) is 1.31. The number of carbonyl (C=O) groups is 2. The lowest BCUT2D eigenvalue weighted by Crippen LogP contribution is -2.40. The van der Waals surface area contributed by atoms with E-state index in [0.717, 1.165) is 0 Å². The van der Waals surface area contributed by atoms with E-state index >= 15 is 0 Å². The number of carboxylic acids is 1. The van der Waals surface area contributed by atoms with Crippen molar-refractivity contribution in [2.75, 3.05) is 13.1 Å². The molecule has 0 saturated carbocycles. The molecule has 1 aliphatic rings. The molecule has 0 aromatic heterocycles. The van der Waals surface area contributed by atoms with E-state index in [1.54, 1.807) is 0 Å². The molecule has 5 heteroatoms. The summed E-state index contributed by atoms with van der Waals surface area (Å²) in [4.78, 5) is 23.9. The van der Waals surface area contributed by atoms with Gasteiger partial charge < -0.3 is 10.0 Å². The smallest absolute Gasteiger partial charge is 0.343 e. The molecule has 1 rings (SSSR count). The number of likely N-dealkylation sites (tertiary alicyclic amines) is 1. The average Bonchev–Trinajstić information content (AvgIpc) is 2.64. The van der Waals surface area contributed by atoms with Gasteiger partial charge in [-0.1, -0.05) is 13.8 Å². The van der Waals surface area contributed by atoms with Gasteiger partial charge in [0.2, 0.25) is 11.6 Å². The zero-order valence-corrected chi connectivity index (χ0v) is 9.70. The van der Waals surface area contributed by atoms with Crippen molar-refractivity contribution in [1.29, 1.82) is 0 Å². The third-order valence-corrected chi connectivity index (χ3v) is 3.25. The molecule has 0 radical (unpaired) electrons. The highest BCUT2D eigenvalue weighted by Gasteiger charge is 2.47. The first-order valence-corrected chi connectivity index (χ1v) is 5.65. The zero-order valence-electron chi connectivity index (χ0n) is 9.70. The summed E-state index contributed by atoms with van der Waals surface area (Å²) in [6, 6.07) is 0. The molecule has 1 unspecified atom stereocenters. The Bertz CT molecular complexity index is 291. The van der Waals surface area contributed by atoms with Crippen molar-refractivity contribution in [1.82, 2.24) is 4.90 Å². The van der Waals surface area contributed by atoms with Crippen LogP contribution in [0, 0.1) is 5.92 Å². The van der Waals surface area contributed by atoms with Gasteiger partial charge in [-0.2, -0.15) is 0 Å². The molecule has 1 amide bonds. The summed E-state index contributed by atoms with van der Waals surface area (Å²) in [7, 11) is 0. The van der Waals surface area contributed by atoms with Gasteiger partial charge in [-0.05, 0) is 12.8 Å². The van der Waals surface area contributed by atoms with E-state index in [-0.39, 0.29) is 31.3 Å². The molecule has 4 nitrogen and oxygen atoms in total. The second-order valence-corrected chi connectivity index (χ2v) is 4.29. The van der Waals surface area contributed by atoms with Crippen molar-refractivity contribution in [2.45, 2.75) is 38.8 Å². The van der Waals surface area contributed by atoms with Crippen LogP contribution >= 0.6 is 0 Å². The second kappa shape index (κ2) is 4.80. The Morgan fingerprint density at radius 1 is 1.44 bits per heavy atom. The maximum Gasteiger partial charge on any atom is 0.343 e. The maximum atomic E-state index is 13.7. The van der Waals surface area contributed by atoms with Crippen LogP contribution in [-0.4, -0.2) is 40.6 Å². The number of carboxylic acid groups (broad SMARTS) is 1. The zero-order chi connectivity index (χ0) is 12.3. The average molecular weight is 231 g/mol. The highest BCUT2D eigenvalue weighted by molar-refractivity contribution is 5.83. The summed E-state index contributed by atoms with van der Waals surface area (Å²) in [6.45, 7) is 3.71. The molecular weight excluding hydrogens is 213 g/mol. The molecule has 1 atom stereocenters. The molecule has 92 valence electrons. The Hall–Kier alpha value is -1.13. The van der Waals surface area contributed by atoms with Crippen LogP contribution in [0.5, 0.6) is 0 Å². The Morgan fingerprint density at radius 3 is 2.38 bits per heavy atom. The van der Waals surface area contributed by atoms with E-state index in [0.29, 0.717) is 12.8 Å². The summed E-state index contributed by atoms with van der Waals surface area (Å²) in [5, 5.41) is 8.71. The van der Waals surface area contributed by atoms with Gasteiger partial charge in [-0.25, -0.2) is 9.18 Å². The normalized spacial score (nSPS) is 25.1. The minimum atomic E-state index is -2.25. The van der Waals surface area contributed by atoms with E-state index in [9.17, 15) is 14.0 Å². The molecule has 1 fully saturated rings. The molecule has 1 aliphatic heterocycles. The minimum Gasteiger partial charge on any atom is -0.479 e. The fourth-order valence-corrected chi connectivity index (χ4v) is 2.03. The van der Waals surface area contributed by atoms with Crippen molar-refractivity contribution in [3.8, 4) is 0 Å². The van der Waals surface area contributed by atoms with Crippen LogP contribution in [0.25, 0.3) is 0 Å². The van der Waals surface area contributed by atoms with E-state index < -0.39 is 11.6 Å². The van der Waals surface area contributed by atoms with Gasteiger partial charge in [0.15, 0.2) is 0 Å². The summed E-state index contributed by atoms with van der Waals surface area (Å²) in [5.74, 6) is -1.70. The fraction of sp³-hybridized carbons (Fsp3) is 0.818. The first kappa shape index (κ1) is 12.9. The highest BCUT2D eigenvalue weighted by Crippen LogP contribution is 2.27. The molecule has 0 aromatic rings. The van der Waals surface area contributed by atoms with Crippen LogP contribution in [0.4, 0.5) is 4.39 Å². The lowest BCUT2D eigenvalue weighted by molar-refractivity contribution is -0.150. The van der Waals surface area contributed by atoms with Gasteiger partial charge in [0.1, 0.15) is 0 Å². The van der Waals surface area contributed by atoms with Crippen LogP contribution in [-0.2, 0) is 9.59 Å². The highest BCUT2D eigenvalue weighted by atomic mass is 19.1. The van der Waals surface area contributed by atoms with Gasteiger partial charge in [0.05, 0.1) is 6.54 Å². The van der Waals surface area contributed by atoms with Crippen molar-refractivity contribution < 1.29 is 19.1 Å². The molecule has 0 bridgehead atoms. The lowest BCUT2D eigenvalue weighted by atomic mass is 10.0. The van der Waals surface area contributed by atoms with Crippen LogP contribution in [0.15, 0.2) is 0 Å². The number of aliphatic carboxylic acids is 1. The van der Waals surface area contributed by atoms with E-state index in [2.05, 4.69) is 0 Å². The molecule has 1 heterocycles. The molecular formula is C11H18FNO3. The molecule has 16 heavy (non-hydrogen) atoms. The molecule has 0 aromatic carbocycles. The van der Waals surface area contributed by atoms with Crippen LogP contribution in [0.3, 0.4) is 0 Å². The molecule has 0 aliphatic carbocycles. The number of rotatable bonds is 4. The first-order valence-electron chi connectivity index (χ1n) is 5.65. The van der Waals surface area contributed by atoms with Crippen molar-refractivity contribution >= 4 is 11.9 Å². The molecule has 1 N–H and O–H groups in total. The lowest BCUT2D eigenvalue weighted by Gasteiger charge is -2.22. The summed E-state index contributed by atoms with van der Waals surface area (Å²) in [5.41, 5.74) is -2.25. The number of nitrogens with zero attached hydrogens (tertiary/aromatic N) is 1. The minimum absolute atomic E-state index is 0.103. The predicted octanol–water partition coefficient (Wildman–Crippen LogP) is 1.45. The van der Waals surface area contributed by atoms with E-state index in [1.807, 2.05) is 13.8 Å². The Morgan fingerprint density at radius 2 is 2.00 bits per heavy atom. The monoisotopic (exact) mass is 231 g/mol. The van der Waals surface area contributed by atoms with Crippen molar-refractivity contribution in [2.24, 2.45) is 5.92 Å². The van der Waals surface area contributed by atoms with Crippen LogP contribution in [0.2, 0.25) is 0 Å². The number of hydrogen-bond acceptors (Lipinski definition) is 2. The quantitative estimate of drug-likeness (QED) is 0.796. The third kappa shape index (κ3) is 2.33. The largest absolute Gasteiger partial charge is 0.479 e. The van der Waals surface area contributed by atoms with Gasteiger partial charge >= 0.3 is 5.97 Å². The van der Waals surface area contributed by atoms with E-state index in [1.165, 1.54) is 4.90 Å². The second-order valence-electron chi connectivity index (χ2n) is 4.29. The van der Waals surface area contributed by atoms with Gasteiger partial charge in [0.25, 0.3) is 0 Å². The molecule has 0 spiro atoms. The number of hydrogen-bond donors (Lipinski definition) is 1. The Balaban J connectivity index is 2.66. The van der Waals surface area contributed by atoms with Gasteiger partial charge in [0, 0.05) is 18.9 Å².